The smallest absolute Gasteiger partial charge is 0.0396 e. The van der Waals surface area contributed by atoms with Crippen LogP contribution in [0.15, 0.2) is 18.2 Å². The molecule has 0 radical (unpaired) electrons. The predicted molar refractivity (Wildman–Crippen MR) is 79.1 cm³/mol. The quantitative estimate of drug-likeness (QED) is 0.868. The van der Waals surface area contributed by atoms with Crippen LogP contribution in [-0.2, 0) is 0 Å². The third-order valence-corrected chi connectivity index (χ3v) is 4.55. The molecule has 18 heavy (non-hydrogen) atoms. The lowest BCUT2D eigenvalue weighted by atomic mass is 9.73. The number of hydrogen-bond donors (Lipinski definition) is 1. The van der Waals surface area contributed by atoms with Gasteiger partial charge in [-0.3, -0.25) is 0 Å². The van der Waals surface area contributed by atoms with Crippen molar-refractivity contribution < 1.29 is 0 Å². The summed E-state index contributed by atoms with van der Waals surface area (Å²) in [5.41, 5.74) is 10.4. The van der Waals surface area contributed by atoms with E-state index in [2.05, 4.69) is 50.8 Å². The fourth-order valence-corrected chi connectivity index (χ4v) is 3.00. The zero-order valence-electron chi connectivity index (χ0n) is 12.2. The zero-order chi connectivity index (χ0) is 13.3. The lowest BCUT2D eigenvalue weighted by Gasteiger charge is -2.45. The maximum Gasteiger partial charge on any atom is 0.0396 e. The van der Waals surface area contributed by atoms with Gasteiger partial charge in [-0.1, -0.05) is 31.5 Å². The summed E-state index contributed by atoms with van der Waals surface area (Å²) < 4.78 is 0. The molecule has 2 nitrogen and oxygen atoms in total. The Morgan fingerprint density at radius 1 is 1.33 bits per heavy atom. The van der Waals surface area contributed by atoms with Crippen molar-refractivity contribution in [1.29, 1.82) is 0 Å². The maximum atomic E-state index is 5.95. The Morgan fingerprint density at radius 2 is 2.06 bits per heavy atom. The fraction of sp³-hybridized carbons (Fsp3) is 0.625. The van der Waals surface area contributed by atoms with E-state index in [9.17, 15) is 0 Å². The number of aryl methyl sites for hydroxylation is 2. The topological polar surface area (TPSA) is 29.3 Å². The number of hydrogen-bond acceptors (Lipinski definition) is 2. The standard InChI is InChI=1S/C16H26N2/c1-12-5-6-15(13(2)9-12)18-8-7-16(3,4)14(10-17)11-18/h5-6,9,14H,7-8,10-11,17H2,1-4H3. The van der Waals surface area contributed by atoms with Crippen LogP contribution < -0.4 is 10.6 Å². The van der Waals surface area contributed by atoms with Gasteiger partial charge < -0.3 is 10.6 Å². The molecule has 2 heteroatoms. The summed E-state index contributed by atoms with van der Waals surface area (Å²) in [7, 11) is 0. The molecule has 100 valence electrons. The number of anilines is 1. The van der Waals surface area contributed by atoms with Crippen LogP contribution in [0.5, 0.6) is 0 Å². The lowest BCUT2D eigenvalue weighted by molar-refractivity contribution is 0.177. The molecular formula is C16H26N2. The summed E-state index contributed by atoms with van der Waals surface area (Å²) in [6.45, 7) is 12.1. The van der Waals surface area contributed by atoms with Crippen molar-refractivity contribution in [2.24, 2.45) is 17.1 Å². The van der Waals surface area contributed by atoms with E-state index in [1.54, 1.807) is 0 Å². The number of nitrogens with two attached hydrogens (primary N) is 1. The van der Waals surface area contributed by atoms with Crippen LogP contribution in [0, 0.1) is 25.2 Å². The van der Waals surface area contributed by atoms with Crippen molar-refractivity contribution in [3.8, 4) is 0 Å². The second-order valence-corrected chi connectivity index (χ2v) is 6.41. The first-order valence-corrected chi connectivity index (χ1v) is 6.96. The first kappa shape index (κ1) is 13.4. The fourth-order valence-electron chi connectivity index (χ4n) is 3.00. The van der Waals surface area contributed by atoms with Gasteiger partial charge in [0, 0.05) is 18.8 Å². The number of piperidine rings is 1. The van der Waals surface area contributed by atoms with Gasteiger partial charge in [-0.15, -0.1) is 0 Å². The van der Waals surface area contributed by atoms with E-state index in [1.807, 2.05) is 0 Å². The summed E-state index contributed by atoms with van der Waals surface area (Å²) in [6, 6.07) is 6.74. The predicted octanol–water partition coefficient (Wildman–Crippen LogP) is 3.11. The minimum atomic E-state index is 0.379. The van der Waals surface area contributed by atoms with Gasteiger partial charge in [0.25, 0.3) is 0 Å². The van der Waals surface area contributed by atoms with Crippen LogP contribution in [0.4, 0.5) is 5.69 Å². The summed E-state index contributed by atoms with van der Waals surface area (Å²) >= 11 is 0. The van der Waals surface area contributed by atoms with Crippen molar-refractivity contribution >= 4 is 5.69 Å². The van der Waals surface area contributed by atoms with Crippen LogP contribution in [0.25, 0.3) is 0 Å². The molecule has 0 bridgehead atoms. The summed E-state index contributed by atoms with van der Waals surface area (Å²) in [4.78, 5) is 2.51. The molecule has 0 aliphatic carbocycles. The van der Waals surface area contributed by atoms with Gasteiger partial charge in [0.05, 0.1) is 0 Å². The molecule has 0 spiro atoms. The molecule has 1 aromatic carbocycles. The second-order valence-electron chi connectivity index (χ2n) is 6.41. The molecule has 1 saturated heterocycles. The van der Waals surface area contributed by atoms with E-state index < -0.39 is 0 Å². The normalized spacial score (nSPS) is 23.2. The van der Waals surface area contributed by atoms with Crippen molar-refractivity contribution in [3.63, 3.8) is 0 Å². The van der Waals surface area contributed by atoms with Crippen LogP contribution in [0.1, 0.15) is 31.4 Å². The Morgan fingerprint density at radius 3 is 2.67 bits per heavy atom. The van der Waals surface area contributed by atoms with Crippen LogP contribution in [0.2, 0.25) is 0 Å². The first-order valence-electron chi connectivity index (χ1n) is 6.96. The number of benzene rings is 1. The largest absolute Gasteiger partial charge is 0.371 e. The van der Waals surface area contributed by atoms with Crippen molar-refractivity contribution in [2.75, 3.05) is 24.5 Å². The summed E-state index contributed by atoms with van der Waals surface area (Å²) in [5, 5.41) is 0. The lowest BCUT2D eigenvalue weighted by Crippen LogP contribution is -2.47. The molecule has 0 amide bonds. The van der Waals surface area contributed by atoms with Crippen molar-refractivity contribution in [2.45, 2.75) is 34.1 Å². The SMILES string of the molecule is Cc1ccc(N2CCC(C)(C)C(CN)C2)c(C)c1. The van der Waals surface area contributed by atoms with E-state index in [0.717, 1.165) is 19.6 Å². The Labute approximate surface area is 111 Å². The molecule has 1 fully saturated rings. The minimum Gasteiger partial charge on any atom is -0.371 e. The monoisotopic (exact) mass is 246 g/mol. The van der Waals surface area contributed by atoms with Crippen LogP contribution in [-0.4, -0.2) is 19.6 Å². The third-order valence-electron chi connectivity index (χ3n) is 4.55. The van der Waals surface area contributed by atoms with E-state index in [4.69, 9.17) is 5.73 Å². The highest BCUT2D eigenvalue weighted by Crippen LogP contribution is 2.37. The van der Waals surface area contributed by atoms with E-state index >= 15 is 0 Å². The molecule has 0 aromatic heterocycles. The average Bonchev–Trinajstić information content (AvgIpc) is 2.30. The molecule has 0 saturated carbocycles. The highest BCUT2D eigenvalue weighted by molar-refractivity contribution is 5.54. The van der Waals surface area contributed by atoms with Gasteiger partial charge in [-0.25, -0.2) is 0 Å². The van der Waals surface area contributed by atoms with E-state index in [-0.39, 0.29) is 0 Å². The number of nitrogens with zero attached hydrogens (tertiary/aromatic N) is 1. The van der Waals surface area contributed by atoms with E-state index in [0.29, 0.717) is 11.3 Å². The summed E-state index contributed by atoms with van der Waals surface area (Å²) in [5.74, 6) is 0.590. The molecule has 1 heterocycles. The van der Waals surface area contributed by atoms with Gasteiger partial charge in [0.2, 0.25) is 0 Å². The van der Waals surface area contributed by atoms with Crippen molar-refractivity contribution in [1.82, 2.24) is 0 Å². The van der Waals surface area contributed by atoms with Crippen LogP contribution >= 0.6 is 0 Å². The number of rotatable bonds is 2. The maximum absolute atomic E-state index is 5.95. The Balaban J connectivity index is 2.20. The minimum absolute atomic E-state index is 0.379. The highest BCUT2D eigenvalue weighted by Gasteiger charge is 2.34. The highest BCUT2D eigenvalue weighted by atomic mass is 15.1. The molecule has 1 aliphatic heterocycles. The molecule has 2 N–H and O–H groups in total. The molecule has 1 atom stereocenters. The zero-order valence-corrected chi connectivity index (χ0v) is 12.2. The molecule has 1 unspecified atom stereocenters. The Hall–Kier alpha value is -1.02. The van der Waals surface area contributed by atoms with Gasteiger partial charge >= 0.3 is 0 Å². The molecule has 1 aromatic rings. The van der Waals surface area contributed by atoms with Gasteiger partial charge in [-0.2, -0.15) is 0 Å². The van der Waals surface area contributed by atoms with Crippen molar-refractivity contribution in [3.05, 3.63) is 29.3 Å². The van der Waals surface area contributed by atoms with Gasteiger partial charge in [0.15, 0.2) is 0 Å². The average molecular weight is 246 g/mol. The third kappa shape index (κ3) is 2.54. The van der Waals surface area contributed by atoms with E-state index in [1.165, 1.54) is 23.2 Å². The van der Waals surface area contributed by atoms with Crippen LogP contribution in [0.3, 0.4) is 0 Å². The first-order chi connectivity index (χ1) is 8.44. The molecule has 2 rings (SSSR count). The molecular weight excluding hydrogens is 220 g/mol. The Bertz CT molecular complexity index is 423. The molecule has 1 aliphatic rings. The van der Waals surface area contributed by atoms with Gasteiger partial charge in [-0.05, 0) is 49.8 Å². The Kier molecular flexibility index (Phi) is 3.67. The van der Waals surface area contributed by atoms with Gasteiger partial charge in [0.1, 0.15) is 0 Å². The second kappa shape index (κ2) is 4.93. The summed E-state index contributed by atoms with van der Waals surface area (Å²) in [6.07, 6.45) is 1.22.